The van der Waals surface area contributed by atoms with Crippen LogP contribution in [0.25, 0.3) is 17.0 Å². The number of aromatic nitrogens is 3. The van der Waals surface area contributed by atoms with E-state index in [4.69, 9.17) is 11.6 Å². The van der Waals surface area contributed by atoms with E-state index in [0.717, 1.165) is 16.7 Å². The maximum atomic E-state index is 12.5. The fourth-order valence-electron chi connectivity index (χ4n) is 2.91. The number of halogens is 1. The van der Waals surface area contributed by atoms with Crippen LogP contribution in [0.1, 0.15) is 21.5 Å². The quantitative estimate of drug-likeness (QED) is 0.578. The monoisotopic (exact) mass is 376 g/mol. The number of nitrogens with zero attached hydrogens (tertiary/aromatic N) is 3. The second kappa shape index (κ2) is 7.21. The molecule has 134 valence electrons. The number of carbonyl (C=O) groups excluding carboxylic acids is 1. The predicted molar refractivity (Wildman–Crippen MR) is 106 cm³/mol. The van der Waals surface area contributed by atoms with Crippen LogP contribution >= 0.6 is 11.6 Å². The molecule has 5 nitrogen and oxygen atoms in total. The molecular weight excluding hydrogens is 360 g/mol. The summed E-state index contributed by atoms with van der Waals surface area (Å²) in [7, 11) is 0. The Morgan fingerprint density at radius 3 is 2.63 bits per heavy atom. The maximum Gasteiger partial charge on any atom is 0.251 e. The van der Waals surface area contributed by atoms with Crippen molar-refractivity contribution < 1.29 is 4.79 Å². The van der Waals surface area contributed by atoms with Gasteiger partial charge in [0.2, 0.25) is 0 Å². The van der Waals surface area contributed by atoms with Crippen molar-refractivity contribution in [2.45, 2.75) is 13.5 Å². The van der Waals surface area contributed by atoms with Crippen LogP contribution in [-0.2, 0) is 6.54 Å². The molecule has 4 rings (SSSR count). The van der Waals surface area contributed by atoms with E-state index < -0.39 is 0 Å². The molecule has 0 aliphatic rings. The third kappa shape index (κ3) is 3.55. The highest BCUT2D eigenvalue weighted by Gasteiger charge is 2.12. The van der Waals surface area contributed by atoms with Gasteiger partial charge in [0.05, 0.1) is 0 Å². The van der Waals surface area contributed by atoms with E-state index in [0.29, 0.717) is 28.6 Å². The number of rotatable bonds is 4. The summed E-state index contributed by atoms with van der Waals surface area (Å²) >= 11 is 5.94. The molecule has 0 spiro atoms. The van der Waals surface area contributed by atoms with Gasteiger partial charge in [0, 0.05) is 28.9 Å². The van der Waals surface area contributed by atoms with E-state index >= 15 is 0 Å². The van der Waals surface area contributed by atoms with Gasteiger partial charge in [-0.2, -0.15) is 0 Å². The van der Waals surface area contributed by atoms with Gasteiger partial charge >= 0.3 is 0 Å². The first-order chi connectivity index (χ1) is 13.1. The highest BCUT2D eigenvalue weighted by Crippen LogP contribution is 2.21. The summed E-state index contributed by atoms with van der Waals surface area (Å²) in [6.07, 6.45) is 1.81. The highest BCUT2D eigenvalue weighted by molar-refractivity contribution is 6.30. The van der Waals surface area contributed by atoms with Gasteiger partial charge in [-0.05, 0) is 54.4 Å². The molecule has 2 heterocycles. The number of hydrogen-bond donors (Lipinski definition) is 1. The molecule has 4 aromatic rings. The topological polar surface area (TPSA) is 59.3 Å². The van der Waals surface area contributed by atoms with E-state index in [2.05, 4.69) is 15.5 Å². The van der Waals surface area contributed by atoms with Gasteiger partial charge in [-0.15, -0.1) is 10.2 Å². The fourth-order valence-corrected chi connectivity index (χ4v) is 3.04. The van der Waals surface area contributed by atoms with Crippen LogP contribution < -0.4 is 5.32 Å². The number of benzene rings is 2. The minimum Gasteiger partial charge on any atom is -0.348 e. The van der Waals surface area contributed by atoms with Crippen molar-refractivity contribution in [1.82, 2.24) is 19.9 Å². The summed E-state index contributed by atoms with van der Waals surface area (Å²) in [4.78, 5) is 12.5. The summed E-state index contributed by atoms with van der Waals surface area (Å²) in [6, 6.07) is 18.9. The first kappa shape index (κ1) is 17.2. The molecule has 2 aromatic heterocycles. The van der Waals surface area contributed by atoms with E-state index in [1.165, 1.54) is 0 Å². The Kier molecular flexibility index (Phi) is 4.60. The third-order valence-electron chi connectivity index (χ3n) is 4.48. The van der Waals surface area contributed by atoms with Crippen LogP contribution in [0.4, 0.5) is 0 Å². The molecule has 1 N–H and O–H groups in total. The predicted octanol–water partition coefficient (Wildman–Crippen LogP) is 4.29. The lowest BCUT2D eigenvalue weighted by molar-refractivity contribution is 0.0951. The highest BCUT2D eigenvalue weighted by atomic mass is 35.5. The smallest absolute Gasteiger partial charge is 0.251 e. The summed E-state index contributed by atoms with van der Waals surface area (Å²) in [5.74, 6) is 0.560. The molecule has 0 saturated carbocycles. The summed E-state index contributed by atoms with van der Waals surface area (Å²) < 4.78 is 1.85. The molecule has 0 saturated heterocycles. The van der Waals surface area contributed by atoms with Crippen molar-refractivity contribution in [3.05, 3.63) is 88.6 Å². The summed E-state index contributed by atoms with van der Waals surface area (Å²) in [5.41, 5.74) is 4.32. The van der Waals surface area contributed by atoms with Crippen LogP contribution in [0.3, 0.4) is 0 Å². The molecular formula is C21H17ClN4O. The first-order valence-corrected chi connectivity index (χ1v) is 8.93. The van der Waals surface area contributed by atoms with Crippen molar-refractivity contribution in [3.63, 3.8) is 0 Å². The zero-order valence-electron chi connectivity index (χ0n) is 14.7. The fraction of sp³-hybridized carbons (Fsp3) is 0.0952. The molecule has 0 atom stereocenters. The SMILES string of the molecule is Cc1ccccc1CNC(=O)c1ccn2c(-c3ccc(Cl)cc3)nnc2c1. The molecule has 0 fully saturated rings. The third-order valence-corrected chi connectivity index (χ3v) is 4.73. The molecule has 2 aromatic carbocycles. The van der Waals surface area contributed by atoms with Crippen molar-refractivity contribution >= 4 is 23.2 Å². The molecule has 1 amide bonds. The van der Waals surface area contributed by atoms with Gasteiger partial charge < -0.3 is 5.32 Å². The first-order valence-electron chi connectivity index (χ1n) is 8.55. The van der Waals surface area contributed by atoms with Gasteiger partial charge in [-0.1, -0.05) is 35.9 Å². The Labute approximate surface area is 161 Å². The number of pyridine rings is 1. The summed E-state index contributed by atoms with van der Waals surface area (Å²) in [6.45, 7) is 2.52. The standard InChI is InChI=1S/C21H17ClN4O/c1-14-4-2-3-5-17(14)13-23-21(27)16-10-11-26-19(12-16)24-25-20(26)15-6-8-18(22)9-7-15/h2-12H,13H2,1H3,(H,23,27). The normalized spacial score (nSPS) is 10.9. The molecule has 0 aliphatic heterocycles. The molecule has 0 aliphatic carbocycles. The second-order valence-corrected chi connectivity index (χ2v) is 6.72. The van der Waals surface area contributed by atoms with Crippen molar-refractivity contribution in [1.29, 1.82) is 0 Å². The van der Waals surface area contributed by atoms with Gasteiger partial charge in [0.1, 0.15) is 0 Å². The lowest BCUT2D eigenvalue weighted by atomic mass is 10.1. The van der Waals surface area contributed by atoms with Crippen molar-refractivity contribution in [2.75, 3.05) is 0 Å². The van der Waals surface area contributed by atoms with E-state index in [-0.39, 0.29) is 5.91 Å². The number of nitrogens with one attached hydrogen (secondary N) is 1. The average Bonchev–Trinajstić information content (AvgIpc) is 3.11. The minimum absolute atomic E-state index is 0.142. The average molecular weight is 377 g/mol. The van der Waals surface area contributed by atoms with E-state index in [1.54, 1.807) is 12.1 Å². The molecule has 27 heavy (non-hydrogen) atoms. The number of hydrogen-bond acceptors (Lipinski definition) is 3. The summed E-state index contributed by atoms with van der Waals surface area (Å²) in [5, 5.41) is 12.1. The van der Waals surface area contributed by atoms with Gasteiger partial charge in [0.25, 0.3) is 5.91 Å². The molecule has 0 bridgehead atoms. The number of aryl methyl sites for hydroxylation is 1. The molecule has 6 heteroatoms. The van der Waals surface area contributed by atoms with Gasteiger partial charge in [-0.25, -0.2) is 0 Å². The maximum absolute atomic E-state index is 12.5. The van der Waals surface area contributed by atoms with Crippen molar-refractivity contribution in [3.8, 4) is 11.4 Å². The Balaban J connectivity index is 1.56. The largest absolute Gasteiger partial charge is 0.348 e. The minimum atomic E-state index is -0.142. The second-order valence-electron chi connectivity index (χ2n) is 6.28. The van der Waals surface area contributed by atoms with Crippen LogP contribution in [0.15, 0.2) is 66.9 Å². The Morgan fingerprint density at radius 1 is 1.07 bits per heavy atom. The van der Waals surface area contributed by atoms with Crippen molar-refractivity contribution in [2.24, 2.45) is 0 Å². The Morgan fingerprint density at radius 2 is 1.85 bits per heavy atom. The number of amides is 1. The Bertz CT molecular complexity index is 1120. The van der Waals surface area contributed by atoms with Crippen LogP contribution in [-0.4, -0.2) is 20.5 Å². The van der Waals surface area contributed by atoms with Crippen LogP contribution in [0, 0.1) is 6.92 Å². The lowest BCUT2D eigenvalue weighted by Crippen LogP contribution is -2.23. The van der Waals surface area contributed by atoms with Crippen LogP contribution in [0.2, 0.25) is 5.02 Å². The van der Waals surface area contributed by atoms with E-state index in [1.807, 2.05) is 66.1 Å². The van der Waals surface area contributed by atoms with Crippen LogP contribution in [0.5, 0.6) is 0 Å². The number of carbonyl (C=O) groups is 1. The zero-order chi connectivity index (χ0) is 18.8. The number of fused-ring (bicyclic) bond motifs is 1. The Hall–Kier alpha value is -3.18. The molecule has 0 unspecified atom stereocenters. The van der Waals surface area contributed by atoms with E-state index in [9.17, 15) is 4.79 Å². The zero-order valence-corrected chi connectivity index (χ0v) is 15.4. The van der Waals surface area contributed by atoms with Gasteiger partial charge in [0.15, 0.2) is 11.5 Å². The molecule has 0 radical (unpaired) electrons. The lowest BCUT2D eigenvalue weighted by Gasteiger charge is -2.08. The van der Waals surface area contributed by atoms with Gasteiger partial charge in [-0.3, -0.25) is 9.20 Å².